The van der Waals surface area contributed by atoms with E-state index in [2.05, 4.69) is 17.2 Å². The van der Waals surface area contributed by atoms with Crippen LogP contribution in [0.25, 0.3) is 0 Å². The second kappa shape index (κ2) is 9.56. The molecule has 2 N–H and O–H groups in total. The van der Waals surface area contributed by atoms with Gasteiger partial charge in [-0.2, -0.15) is 4.31 Å². The Hall–Kier alpha value is -1.70. The highest BCUT2D eigenvalue weighted by atomic mass is 32.2. The normalized spacial score (nSPS) is 12.8. The molecule has 24 heavy (non-hydrogen) atoms. The van der Waals surface area contributed by atoms with E-state index < -0.39 is 10.0 Å². The van der Waals surface area contributed by atoms with E-state index in [9.17, 15) is 13.2 Å². The molecule has 0 aliphatic heterocycles. The number of nitrogens with one attached hydrogen (secondary N) is 2. The summed E-state index contributed by atoms with van der Waals surface area (Å²) in [7, 11) is -3.44. The molecular formula is C17H27N3O3S. The zero-order valence-electron chi connectivity index (χ0n) is 14.6. The molecule has 0 aromatic heterocycles. The van der Waals surface area contributed by atoms with Crippen LogP contribution in [0.3, 0.4) is 0 Å². The first-order chi connectivity index (χ1) is 11.4. The van der Waals surface area contributed by atoms with Crippen LogP contribution in [0, 0.1) is 0 Å². The predicted molar refractivity (Wildman–Crippen MR) is 96.2 cm³/mol. The van der Waals surface area contributed by atoms with Gasteiger partial charge >= 0.3 is 0 Å². The van der Waals surface area contributed by atoms with Gasteiger partial charge in [0.1, 0.15) is 0 Å². The largest absolute Gasteiger partial charge is 0.352 e. The third-order valence-corrected chi connectivity index (χ3v) is 5.80. The fourth-order valence-electron chi connectivity index (χ4n) is 2.25. The number of sulfonamides is 1. The maximum atomic E-state index is 12.4. The predicted octanol–water partition coefficient (Wildman–Crippen LogP) is 1.67. The van der Waals surface area contributed by atoms with Crippen molar-refractivity contribution in [2.24, 2.45) is 0 Å². The number of hydrogen-bond acceptors (Lipinski definition) is 4. The SMILES string of the molecule is C=CCNC(=O)CNC(C)c1ccc(S(=O)(=O)N(CC)CC)cc1. The lowest BCUT2D eigenvalue weighted by Gasteiger charge is -2.19. The summed E-state index contributed by atoms with van der Waals surface area (Å²) < 4.78 is 26.3. The topological polar surface area (TPSA) is 78.5 Å². The molecule has 0 spiro atoms. The standard InChI is InChI=1S/C17H27N3O3S/c1-5-12-18-17(21)13-19-14(4)15-8-10-16(11-9-15)24(22,23)20(6-2)7-3/h5,8-11,14,19H,1,6-7,12-13H2,2-4H3,(H,18,21). The number of rotatable bonds is 10. The van der Waals surface area contributed by atoms with Crippen LogP contribution in [-0.4, -0.2) is 44.8 Å². The molecule has 7 heteroatoms. The number of nitrogens with zero attached hydrogens (tertiary/aromatic N) is 1. The van der Waals surface area contributed by atoms with Gasteiger partial charge in [0.2, 0.25) is 15.9 Å². The van der Waals surface area contributed by atoms with Crippen molar-refractivity contribution in [2.45, 2.75) is 31.7 Å². The van der Waals surface area contributed by atoms with Gasteiger partial charge in [-0.3, -0.25) is 4.79 Å². The minimum Gasteiger partial charge on any atom is -0.352 e. The van der Waals surface area contributed by atoms with E-state index in [-0.39, 0.29) is 23.4 Å². The van der Waals surface area contributed by atoms with E-state index in [1.165, 1.54) is 4.31 Å². The van der Waals surface area contributed by atoms with Crippen molar-refractivity contribution in [3.8, 4) is 0 Å². The molecule has 0 heterocycles. The third-order valence-electron chi connectivity index (χ3n) is 3.74. The van der Waals surface area contributed by atoms with Crippen molar-refractivity contribution in [3.05, 3.63) is 42.5 Å². The second-order valence-electron chi connectivity index (χ2n) is 5.35. The first kappa shape index (κ1) is 20.3. The van der Waals surface area contributed by atoms with E-state index in [1.807, 2.05) is 20.8 Å². The van der Waals surface area contributed by atoms with E-state index in [1.54, 1.807) is 30.3 Å². The van der Waals surface area contributed by atoms with Crippen LogP contribution >= 0.6 is 0 Å². The van der Waals surface area contributed by atoms with E-state index >= 15 is 0 Å². The van der Waals surface area contributed by atoms with Crippen molar-refractivity contribution in [1.82, 2.24) is 14.9 Å². The minimum atomic E-state index is -3.44. The zero-order chi connectivity index (χ0) is 18.2. The van der Waals surface area contributed by atoms with Crippen LogP contribution in [-0.2, 0) is 14.8 Å². The Bertz CT molecular complexity index is 638. The van der Waals surface area contributed by atoms with Gasteiger partial charge in [0.25, 0.3) is 0 Å². The van der Waals surface area contributed by atoms with Crippen molar-refractivity contribution < 1.29 is 13.2 Å². The Morgan fingerprint density at radius 3 is 2.33 bits per heavy atom. The second-order valence-corrected chi connectivity index (χ2v) is 7.29. The molecule has 6 nitrogen and oxygen atoms in total. The summed E-state index contributed by atoms with van der Waals surface area (Å²) in [5, 5.41) is 5.79. The molecule has 134 valence electrons. The van der Waals surface area contributed by atoms with E-state index in [0.717, 1.165) is 5.56 Å². The summed E-state index contributed by atoms with van der Waals surface area (Å²) in [5.74, 6) is -0.109. The number of carbonyl (C=O) groups is 1. The zero-order valence-corrected chi connectivity index (χ0v) is 15.4. The highest BCUT2D eigenvalue weighted by Crippen LogP contribution is 2.19. The number of carbonyl (C=O) groups excluding carboxylic acids is 1. The van der Waals surface area contributed by atoms with Gasteiger partial charge in [-0.1, -0.05) is 32.1 Å². The van der Waals surface area contributed by atoms with Gasteiger partial charge in [-0.05, 0) is 24.6 Å². The smallest absolute Gasteiger partial charge is 0.243 e. The summed E-state index contributed by atoms with van der Waals surface area (Å²) in [6.07, 6.45) is 1.62. The fourth-order valence-corrected chi connectivity index (χ4v) is 3.71. The van der Waals surface area contributed by atoms with Gasteiger partial charge < -0.3 is 10.6 Å². The van der Waals surface area contributed by atoms with Crippen LogP contribution < -0.4 is 10.6 Å². The average Bonchev–Trinajstić information content (AvgIpc) is 2.58. The highest BCUT2D eigenvalue weighted by molar-refractivity contribution is 7.89. The van der Waals surface area contributed by atoms with Gasteiger partial charge in [0.15, 0.2) is 0 Å². The molecule has 0 bridgehead atoms. The molecular weight excluding hydrogens is 326 g/mol. The van der Waals surface area contributed by atoms with Gasteiger partial charge in [-0.25, -0.2) is 8.42 Å². The molecule has 1 amide bonds. The van der Waals surface area contributed by atoms with Crippen molar-refractivity contribution in [2.75, 3.05) is 26.2 Å². The lowest BCUT2D eigenvalue weighted by Crippen LogP contribution is -2.35. The summed E-state index contributed by atoms with van der Waals surface area (Å²) in [5.41, 5.74) is 0.921. The van der Waals surface area contributed by atoms with Crippen molar-refractivity contribution in [1.29, 1.82) is 0 Å². The van der Waals surface area contributed by atoms with Gasteiger partial charge in [0, 0.05) is 25.7 Å². The summed E-state index contributed by atoms with van der Waals surface area (Å²) in [4.78, 5) is 11.8. The Labute approximate surface area is 145 Å². The number of hydrogen-bond donors (Lipinski definition) is 2. The molecule has 1 aromatic carbocycles. The van der Waals surface area contributed by atoms with Crippen LogP contribution in [0.2, 0.25) is 0 Å². The van der Waals surface area contributed by atoms with Crippen LogP contribution in [0.15, 0.2) is 41.8 Å². The lowest BCUT2D eigenvalue weighted by molar-refractivity contribution is -0.120. The van der Waals surface area contributed by atoms with Crippen molar-refractivity contribution in [3.63, 3.8) is 0 Å². The maximum absolute atomic E-state index is 12.4. The minimum absolute atomic E-state index is 0.0651. The van der Waals surface area contributed by atoms with Crippen LogP contribution in [0.4, 0.5) is 0 Å². The Balaban J connectivity index is 2.73. The number of amides is 1. The summed E-state index contributed by atoms with van der Waals surface area (Å²) in [6, 6.07) is 6.70. The molecule has 0 radical (unpaired) electrons. The molecule has 1 unspecified atom stereocenters. The van der Waals surface area contributed by atoms with Crippen molar-refractivity contribution >= 4 is 15.9 Å². The molecule has 0 aliphatic carbocycles. The first-order valence-corrected chi connectivity index (χ1v) is 9.51. The Kier molecular flexibility index (Phi) is 8.10. The maximum Gasteiger partial charge on any atom is 0.243 e. The fraction of sp³-hybridized carbons (Fsp3) is 0.471. The monoisotopic (exact) mass is 353 g/mol. The average molecular weight is 353 g/mol. The first-order valence-electron chi connectivity index (χ1n) is 8.07. The van der Waals surface area contributed by atoms with Crippen LogP contribution in [0.1, 0.15) is 32.4 Å². The molecule has 1 atom stereocenters. The van der Waals surface area contributed by atoms with Gasteiger partial charge in [-0.15, -0.1) is 6.58 Å². The van der Waals surface area contributed by atoms with E-state index in [0.29, 0.717) is 19.6 Å². The molecule has 0 saturated heterocycles. The molecule has 0 fully saturated rings. The molecule has 1 aromatic rings. The highest BCUT2D eigenvalue weighted by Gasteiger charge is 2.21. The quantitative estimate of drug-likeness (QED) is 0.627. The van der Waals surface area contributed by atoms with Crippen LogP contribution in [0.5, 0.6) is 0 Å². The molecule has 1 rings (SSSR count). The molecule has 0 saturated carbocycles. The molecule has 0 aliphatic rings. The number of benzene rings is 1. The Morgan fingerprint density at radius 2 is 1.83 bits per heavy atom. The summed E-state index contributed by atoms with van der Waals surface area (Å²) in [6.45, 7) is 10.6. The Morgan fingerprint density at radius 1 is 1.25 bits per heavy atom. The summed E-state index contributed by atoms with van der Waals surface area (Å²) >= 11 is 0. The lowest BCUT2D eigenvalue weighted by atomic mass is 10.1. The third kappa shape index (κ3) is 5.43. The van der Waals surface area contributed by atoms with E-state index in [4.69, 9.17) is 0 Å². The van der Waals surface area contributed by atoms with Gasteiger partial charge in [0.05, 0.1) is 11.4 Å².